The van der Waals surface area contributed by atoms with E-state index in [0.29, 0.717) is 6.04 Å². The predicted molar refractivity (Wildman–Crippen MR) is 71.0 cm³/mol. The largest absolute Gasteiger partial charge is 0.396 e. The van der Waals surface area contributed by atoms with Crippen LogP contribution in [0.5, 0.6) is 0 Å². The van der Waals surface area contributed by atoms with Crippen LogP contribution in [-0.4, -0.2) is 47.5 Å². The molecule has 1 aliphatic carbocycles. The van der Waals surface area contributed by atoms with Crippen molar-refractivity contribution in [3.05, 3.63) is 0 Å². The summed E-state index contributed by atoms with van der Waals surface area (Å²) in [7, 11) is 0. The van der Waals surface area contributed by atoms with Gasteiger partial charge < -0.3 is 10.2 Å². The summed E-state index contributed by atoms with van der Waals surface area (Å²) in [4.78, 5) is 2.41. The number of rotatable bonds is 8. The summed E-state index contributed by atoms with van der Waals surface area (Å²) < 4.78 is 0. The van der Waals surface area contributed by atoms with Gasteiger partial charge >= 0.3 is 0 Å². The average Bonchev–Trinajstić information content (AvgIpc) is 2.89. The van der Waals surface area contributed by atoms with Crippen LogP contribution in [0.15, 0.2) is 0 Å². The lowest BCUT2D eigenvalue weighted by Crippen LogP contribution is -2.45. The highest BCUT2D eigenvalue weighted by Crippen LogP contribution is 2.31. The van der Waals surface area contributed by atoms with E-state index in [1.54, 1.807) is 0 Å². The summed E-state index contributed by atoms with van der Waals surface area (Å²) >= 11 is 0. The molecule has 3 heteroatoms. The van der Waals surface area contributed by atoms with Crippen LogP contribution >= 0.6 is 0 Å². The Hall–Kier alpha value is -0.120. The molecule has 0 aromatic heterocycles. The van der Waals surface area contributed by atoms with Gasteiger partial charge in [-0.15, -0.1) is 0 Å². The fourth-order valence-electron chi connectivity index (χ4n) is 2.97. The van der Waals surface area contributed by atoms with Crippen molar-refractivity contribution in [2.45, 2.75) is 58.4 Å². The molecule has 0 spiro atoms. The molecular weight excluding hydrogens is 214 g/mol. The minimum absolute atomic E-state index is 0.0256. The van der Waals surface area contributed by atoms with Crippen molar-refractivity contribution in [1.29, 1.82) is 0 Å². The summed E-state index contributed by atoms with van der Waals surface area (Å²) in [6, 6.07) is 0.631. The molecule has 1 rings (SSSR count). The minimum atomic E-state index is 0.0256. The van der Waals surface area contributed by atoms with Crippen LogP contribution in [0.2, 0.25) is 0 Å². The minimum Gasteiger partial charge on any atom is -0.396 e. The first-order valence-corrected chi connectivity index (χ1v) is 7.17. The molecule has 0 bridgehead atoms. The highest BCUT2D eigenvalue weighted by atomic mass is 16.3. The molecule has 0 unspecified atom stereocenters. The Labute approximate surface area is 106 Å². The van der Waals surface area contributed by atoms with Crippen LogP contribution < -0.4 is 0 Å². The van der Waals surface area contributed by atoms with Gasteiger partial charge in [0.05, 0.1) is 6.61 Å². The molecule has 0 aromatic rings. The van der Waals surface area contributed by atoms with Gasteiger partial charge in [0.25, 0.3) is 0 Å². The molecule has 0 heterocycles. The Kier molecular flexibility index (Phi) is 6.45. The van der Waals surface area contributed by atoms with Crippen molar-refractivity contribution in [3.8, 4) is 0 Å². The molecule has 0 amide bonds. The average molecular weight is 243 g/mol. The van der Waals surface area contributed by atoms with Crippen LogP contribution in [0.1, 0.15) is 52.4 Å². The third kappa shape index (κ3) is 3.94. The monoisotopic (exact) mass is 243 g/mol. The van der Waals surface area contributed by atoms with Crippen LogP contribution in [0.3, 0.4) is 0 Å². The maximum atomic E-state index is 9.65. The summed E-state index contributed by atoms with van der Waals surface area (Å²) in [5.74, 6) is 0. The topological polar surface area (TPSA) is 43.7 Å². The van der Waals surface area contributed by atoms with Crippen LogP contribution in [0.25, 0.3) is 0 Å². The van der Waals surface area contributed by atoms with E-state index in [2.05, 4.69) is 18.7 Å². The second-order valence-electron chi connectivity index (χ2n) is 5.50. The Bertz CT molecular complexity index is 190. The van der Waals surface area contributed by atoms with E-state index < -0.39 is 0 Å². The molecule has 3 nitrogen and oxygen atoms in total. The molecule has 0 atom stereocenters. The molecule has 17 heavy (non-hydrogen) atoms. The van der Waals surface area contributed by atoms with Crippen molar-refractivity contribution in [1.82, 2.24) is 4.90 Å². The van der Waals surface area contributed by atoms with Gasteiger partial charge in [0, 0.05) is 31.2 Å². The van der Waals surface area contributed by atoms with Gasteiger partial charge in [-0.05, 0) is 25.7 Å². The highest BCUT2D eigenvalue weighted by Gasteiger charge is 2.31. The quantitative estimate of drug-likeness (QED) is 0.685. The SMILES string of the molecule is CCC(CC)(CO)CN(CCO)C1CCCC1. The first kappa shape index (κ1) is 14.9. The Morgan fingerprint density at radius 2 is 1.71 bits per heavy atom. The van der Waals surface area contributed by atoms with Crippen molar-refractivity contribution in [2.75, 3.05) is 26.3 Å². The molecule has 1 aliphatic rings. The van der Waals surface area contributed by atoms with Gasteiger partial charge in [-0.25, -0.2) is 0 Å². The van der Waals surface area contributed by atoms with Crippen LogP contribution in [0.4, 0.5) is 0 Å². The summed E-state index contributed by atoms with van der Waals surface area (Å²) in [6.45, 7) is 6.49. The van der Waals surface area contributed by atoms with Crippen molar-refractivity contribution in [3.63, 3.8) is 0 Å². The first-order valence-electron chi connectivity index (χ1n) is 7.17. The second kappa shape index (κ2) is 7.34. The molecule has 0 aliphatic heterocycles. The fourth-order valence-corrected chi connectivity index (χ4v) is 2.97. The maximum Gasteiger partial charge on any atom is 0.0558 e. The third-order valence-corrected chi connectivity index (χ3v) is 4.60. The molecule has 1 saturated carbocycles. The standard InChI is InChI=1S/C14H29NO2/c1-3-14(4-2,12-17)11-15(9-10-16)13-7-5-6-8-13/h13,16-17H,3-12H2,1-2H3. The van der Waals surface area contributed by atoms with Gasteiger partial charge in [-0.1, -0.05) is 26.7 Å². The first-order chi connectivity index (χ1) is 8.21. The van der Waals surface area contributed by atoms with E-state index in [9.17, 15) is 10.2 Å². The molecule has 0 saturated heterocycles. The smallest absolute Gasteiger partial charge is 0.0558 e. The zero-order valence-electron chi connectivity index (χ0n) is 11.5. The third-order valence-electron chi connectivity index (χ3n) is 4.60. The number of nitrogens with zero attached hydrogens (tertiary/aromatic N) is 1. The van der Waals surface area contributed by atoms with Gasteiger partial charge in [-0.3, -0.25) is 4.90 Å². The fraction of sp³-hybridized carbons (Fsp3) is 1.00. The number of aliphatic hydroxyl groups is 2. The van der Waals surface area contributed by atoms with Gasteiger partial charge in [0.15, 0.2) is 0 Å². The maximum absolute atomic E-state index is 9.65. The molecule has 0 aromatic carbocycles. The number of aliphatic hydroxyl groups excluding tert-OH is 2. The molecule has 102 valence electrons. The van der Waals surface area contributed by atoms with Crippen molar-refractivity contribution >= 4 is 0 Å². The second-order valence-corrected chi connectivity index (χ2v) is 5.50. The van der Waals surface area contributed by atoms with E-state index >= 15 is 0 Å². The van der Waals surface area contributed by atoms with Crippen LogP contribution in [-0.2, 0) is 0 Å². The van der Waals surface area contributed by atoms with E-state index in [4.69, 9.17) is 0 Å². The lowest BCUT2D eigenvalue weighted by molar-refractivity contribution is 0.0391. The Balaban J connectivity index is 2.62. The van der Waals surface area contributed by atoms with Crippen molar-refractivity contribution < 1.29 is 10.2 Å². The van der Waals surface area contributed by atoms with E-state index in [1.165, 1.54) is 25.7 Å². The predicted octanol–water partition coefficient (Wildman–Crippen LogP) is 2.02. The normalized spacial score (nSPS) is 18.2. The van der Waals surface area contributed by atoms with E-state index in [-0.39, 0.29) is 18.6 Å². The summed E-state index contributed by atoms with van der Waals surface area (Å²) in [5.41, 5.74) is 0.0256. The van der Waals surface area contributed by atoms with Gasteiger partial charge in [0.2, 0.25) is 0 Å². The van der Waals surface area contributed by atoms with Crippen molar-refractivity contribution in [2.24, 2.45) is 5.41 Å². The van der Waals surface area contributed by atoms with E-state index in [0.717, 1.165) is 25.9 Å². The molecule has 0 radical (unpaired) electrons. The summed E-state index contributed by atoms with van der Waals surface area (Å²) in [6.07, 6.45) is 7.17. The number of hydrogen-bond acceptors (Lipinski definition) is 3. The summed E-state index contributed by atoms with van der Waals surface area (Å²) in [5, 5.41) is 18.9. The van der Waals surface area contributed by atoms with Gasteiger partial charge in [-0.2, -0.15) is 0 Å². The molecular formula is C14H29NO2. The lowest BCUT2D eigenvalue weighted by Gasteiger charge is -2.38. The lowest BCUT2D eigenvalue weighted by atomic mass is 9.82. The zero-order chi connectivity index (χ0) is 12.7. The highest BCUT2D eigenvalue weighted by molar-refractivity contribution is 4.85. The number of hydrogen-bond donors (Lipinski definition) is 2. The van der Waals surface area contributed by atoms with Crippen LogP contribution in [0, 0.1) is 5.41 Å². The van der Waals surface area contributed by atoms with Gasteiger partial charge in [0.1, 0.15) is 0 Å². The van der Waals surface area contributed by atoms with E-state index in [1.807, 2.05) is 0 Å². The zero-order valence-corrected chi connectivity index (χ0v) is 11.5. The molecule has 1 fully saturated rings. The Morgan fingerprint density at radius 3 is 2.12 bits per heavy atom. The molecule has 2 N–H and O–H groups in total. The Morgan fingerprint density at radius 1 is 1.12 bits per heavy atom.